The number of para-hydroxylation sites is 1. The Morgan fingerprint density at radius 3 is 2.19 bits per heavy atom. The molecule has 0 atom stereocenters. The van der Waals surface area contributed by atoms with E-state index in [1.54, 1.807) is 24.3 Å². The summed E-state index contributed by atoms with van der Waals surface area (Å²) in [6, 6.07) is 18.0. The summed E-state index contributed by atoms with van der Waals surface area (Å²) in [5, 5.41) is 0. The average molecular weight is 485 g/mol. The van der Waals surface area contributed by atoms with Gasteiger partial charge in [-0.15, -0.1) is 0 Å². The number of sulfonamides is 1. The van der Waals surface area contributed by atoms with Gasteiger partial charge in [0.05, 0.1) is 17.7 Å². The van der Waals surface area contributed by atoms with Gasteiger partial charge in [0.15, 0.2) is 0 Å². The first kappa shape index (κ1) is 24.8. The first-order valence-electron chi connectivity index (χ1n) is 9.33. The predicted octanol–water partition coefficient (Wildman–Crippen LogP) is 0.702. The van der Waals surface area contributed by atoms with Gasteiger partial charge in [0.25, 0.3) is 10.0 Å². The zero-order valence-electron chi connectivity index (χ0n) is 18.5. The zero-order valence-corrected chi connectivity index (χ0v) is 21.2. The van der Waals surface area contributed by atoms with Crippen LogP contribution in [0.4, 0.5) is 5.69 Å². The molecule has 0 unspecified atom stereocenters. The number of ether oxygens (including phenoxy) is 1. The van der Waals surface area contributed by atoms with Gasteiger partial charge in [-0.05, 0) is 53.9 Å². The fourth-order valence-corrected chi connectivity index (χ4v) is 5.52. The van der Waals surface area contributed by atoms with E-state index in [2.05, 4.69) is 4.52 Å². The molecule has 4 rings (SSSR count). The third-order valence-corrected chi connectivity index (χ3v) is 7.25. The Morgan fingerprint density at radius 2 is 1.59 bits per heavy atom. The van der Waals surface area contributed by atoms with E-state index in [4.69, 9.17) is 14.5 Å². The van der Waals surface area contributed by atoms with E-state index in [0.717, 1.165) is 5.56 Å². The van der Waals surface area contributed by atoms with Crippen molar-refractivity contribution in [2.75, 3.05) is 18.0 Å². The van der Waals surface area contributed by atoms with Crippen molar-refractivity contribution in [2.45, 2.75) is 11.3 Å². The SMILES string of the molecule is COc1ccc(S(=O)(=O)N2CCc3cccc(-c4ccc(OP(=O)(O)O)cc4)c32)cc1.[H-].[Na+]. The molecule has 1 heterocycles. The van der Waals surface area contributed by atoms with Crippen molar-refractivity contribution in [1.82, 2.24) is 0 Å². The maximum absolute atomic E-state index is 13.4. The van der Waals surface area contributed by atoms with Crippen LogP contribution in [0.1, 0.15) is 6.99 Å². The molecule has 0 saturated carbocycles. The molecule has 0 bridgehead atoms. The molecule has 0 fully saturated rings. The predicted molar refractivity (Wildman–Crippen MR) is 117 cm³/mol. The quantitative estimate of drug-likeness (QED) is 0.391. The maximum Gasteiger partial charge on any atom is 1.00 e. The van der Waals surface area contributed by atoms with Crippen LogP contribution in [0.5, 0.6) is 11.5 Å². The van der Waals surface area contributed by atoms with Gasteiger partial charge < -0.3 is 10.7 Å². The molecule has 0 aliphatic carbocycles. The maximum atomic E-state index is 13.4. The topological polar surface area (TPSA) is 113 Å². The average Bonchev–Trinajstić information content (AvgIpc) is 3.18. The molecule has 1 aliphatic rings. The second kappa shape index (κ2) is 9.57. The molecule has 3 aromatic carbocycles. The third-order valence-electron chi connectivity index (χ3n) is 4.99. The Labute approximate surface area is 209 Å². The van der Waals surface area contributed by atoms with Gasteiger partial charge in [0, 0.05) is 12.1 Å². The number of methoxy groups -OCH3 is 1. The van der Waals surface area contributed by atoms with E-state index in [1.807, 2.05) is 18.2 Å². The van der Waals surface area contributed by atoms with Crippen LogP contribution >= 0.6 is 7.82 Å². The molecule has 0 amide bonds. The summed E-state index contributed by atoms with van der Waals surface area (Å²) in [5.74, 6) is 0.589. The van der Waals surface area contributed by atoms with E-state index in [0.29, 0.717) is 35.5 Å². The smallest absolute Gasteiger partial charge is 1.00 e. The zero-order chi connectivity index (χ0) is 22.2. The van der Waals surface area contributed by atoms with E-state index in [-0.39, 0.29) is 41.6 Å². The molecule has 3 aromatic rings. The molecule has 0 saturated heterocycles. The summed E-state index contributed by atoms with van der Waals surface area (Å²) >= 11 is 0. The van der Waals surface area contributed by atoms with Crippen LogP contribution in [0.15, 0.2) is 71.6 Å². The number of anilines is 1. The molecule has 0 aromatic heterocycles. The van der Waals surface area contributed by atoms with E-state index in [9.17, 15) is 13.0 Å². The minimum atomic E-state index is -4.66. The molecule has 2 N–H and O–H groups in total. The first-order valence-corrected chi connectivity index (χ1v) is 12.3. The Morgan fingerprint density at radius 1 is 0.969 bits per heavy atom. The number of hydrogen-bond donors (Lipinski definition) is 2. The van der Waals surface area contributed by atoms with Gasteiger partial charge in [-0.1, -0.05) is 30.3 Å². The van der Waals surface area contributed by atoms with Gasteiger partial charge in [-0.3, -0.25) is 14.1 Å². The third kappa shape index (κ3) is 5.05. The largest absolute Gasteiger partial charge is 1.00 e. The van der Waals surface area contributed by atoms with Crippen molar-refractivity contribution in [3.05, 3.63) is 72.3 Å². The van der Waals surface area contributed by atoms with Crippen LogP contribution in [-0.2, 0) is 21.0 Å². The molecule has 32 heavy (non-hydrogen) atoms. The standard InChI is InChI=1S/C21H20NO7PS.Na.H/c1-28-17-9-11-19(12-10-17)31(26,27)22-14-13-16-3-2-4-20(21(16)22)15-5-7-18(8-6-15)29-30(23,24)25;;/h2-12H,13-14H2,1H3,(H2,23,24,25);;/q;+1;-1. The Hall–Kier alpha value is -1.84. The molecule has 164 valence electrons. The van der Waals surface area contributed by atoms with Crippen molar-refractivity contribution in [2.24, 2.45) is 0 Å². The van der Waals surface area contributed by atoms with Crippen LogP contribution in [-0.4, -0.2) is 31.9 Å². The number of phosphoric ester groups is 1. The van der Waals surface area contributed by atoms with E-state index in [1.165, 1.54) is 35.7 Å². The normalized spacial score (nSPS) is 13.3. The molecule has 1 aliphatic heterocycles. The number of nitrogens with zero attached hydrogens (tertiary/aromatic N) is 1. The van der Waals surface area contributed by atoms with Gasteiger partial charge in [0.2, 0.25) is 0 Å². The minimum Gasteiger partial charge on any atom is -1.00 e. The Kier molecular flexibility index (Phi) is 7.41. The van der Waals surface area contributed by atoms with Crippen molar-refractivity contribution >= 4 is 23.5 Å². The van der Waals surface area contributed by atoms with Gasteiger partial charge >= 0.3 is 37.4 Å². The summed E-state index contributed by atoms with van der Waals surface area (Å²) in [4.78, 5) is 18.1. The molecule has 0 spiro atoms. The Bertz CT molecular complexity index is 1260. The summed E-state index contributed by atoms with van der Waals surface area (Å²) in [6.45, 7) is 0.320. The summed E-state index contributed by atoms with van der Waals surface area (Å²) < 4.78 is 48.9. The fourth-order valence-electron chi connectivity index (χ4n) is 3.60. The summed E-state index contributed by atoms with van der Waals surface area (Å²) in [5.41, 5.74) is 2.91. The minimum absolute atomic E-state index is 0. The number of hydrogen-bond acceptors (Lipinski definition) is 5. The molecular formula is C21H21NNaO7PS. The second-order valence-corrected chi connectivity index (χ2v) is 9.95. The fraction of sp³-hybridized carbons (Fsp3) is 0.143. The Balaban J connectivity index is 0.00000193. The van der Waals surface area contributed by atoms with Crippen molar-refractivity contribution in [3.8, 4) is 22.6 Å². The van der Waals surface area contributed by atoms with Crippen LogP contribution in [0, 0.1) is 0 Å². The molecule has 0 radical (unpaired) electrons. The first-order chi connectivity index (χ1) is 14.7. The summed E-state index contributed by atoms with van der Waals surface area (Å²) in [6.07, 6.45) is 0.581. The number of fused-ring (bicyclic) bond motifs is 1. The monoisotopic (exact) mass is 485 g/mol. The number of benzene rings is 3. The second-order valence-electron chi connectivity index (χ2n) is 6.92. The van der Waals surface area contributed by atoms with E-state index < -0.39 is 17.8 Å². The van der Waals surface area contributed by atoms with Crippen LogP contribution < -0.4 is 43.1 Å². The van der Waals surface area contributed by atoms with Crippen molar-refractivity contribution in [1.29, 1.82) is 0 Å². The van der Waals surface area contributed by atoms with Gasteiger partial charge in [-0.25, -0.2) is 13.0 Å². The van der Waals surface area contributed by atoms with Crippen molar-refractivity contribution in [3.63, 3.8) is 0 Å². The van der Waals surface area contributed by atoms with Crippen LogP contribution in [0.3, 0.4) is 0 Å². The van der Waals surface area contributed by atoms with Gasteiger partial charge in [0.1, 0.15) is 11.5 Å². The summed E-state index contributed by atoms with van der Waals surface area (Å²) in [7, 11) is -6.93. The molecular weight excluding hydrogens is 464 g/mol. The van der Waals surface area contributed by atoms with E-state index >= 15 is 0 Å². The van der Waals surface area contributed by atoms with Crippen molar-refractivity contribution < 1.29 is 63.0 Å². The number of phosphoric acid groups is 1. The van der Waals surface area contributed by atoms with Crippen LogP contribution in [0.2, 0.25) is 0 Å². The van der Waals surface area contributed by atoms with Gasteiger partial charge in [-0.2, -0.15) is 0 Å². The number of rotatable bonds is 6. The molecule has 8 nitrogen and oxygen atoms in total. The van der Waals surface area contributed by atoms with Crippen LogP contribution in [0.25, 0.3) is 11.1 Å². The molecule has 11 heteroatoms.